The van der Waals surface area contributed by atoms with Crippen molar-refractivity contribution in [2.45, 2.75) is 19.1 Å². The normalized spacial score (nSPS) is 16.3. The molecule has 1 aliphatic heterocycles. The highest BCUT2D eigenvalue weighted by atomic mass is 16.5. The second-order valence-corrected chi connectivity index (χ2v) is 4.91. The number of carbonyl (C=O) groups is 1. The molecule has 102 valence electrons. The fraction of sp³-hybridized carbons (Fsp3) is 0.188. The summed E-state index contributed by atoms with van der Waals surface area (Å²) in [5, 5.41) is 3.16. The molecule has 1 atom stereocenters. The van der Waals surface area contributed by atoms with E-state index in [1.807, 2.05) is 48.5 Å². The van der Waals surface area contributed by atoms with E-state index in [9.17, 15) is 4.79 Å². The maximum Gasteiger partial charge on any atom is 0.329 e. The number of ether oxygens (including phenoxy) is 1. The average Bonchev–Trinajstić information content (AvgIpc) is 2.89. The first-order valence-electron chi connectivity index (χ1n) is 6.58. The van der Waals surface area contributed by atoms with Crippen LogP contribution in [0, 0.1) is 0 Å². The Morgan fingerprint density at radius 1 is 1.25 bits per heavy atom. The SMILES string of the molecule is Nc1ccc2c(c1)NC(C(=O)OCc1ccccc1)C2. The van der Waals surface area contributed by atoms with E-state index in [1.54, 1.807) is 0 Å². The minimum Gasteiger partial charge on any atom is -0.459 e. The monoisotopic (exact) mass is 268 g/mol. The summed E-state index contributed by atoms with van der Waals surface area (Å²) in [6.07, 6.45) is 0.642. The zero-order valence-corrected chi connectivity index (χ0v) is 11.0. The van der Waals surface area contributed by atoms with Gasteiger partial charge in [-0.1, -0.05) is 36.4 Å². The van der Waals surface area contributed by atoms with Crippen molar-refractivity contribution in [2.24, 2.45) is 0 Å². The van der Waals surface area contributed by atoms with Gasteiger partial charge in [0, 0.05) is 17.8 Å². The Bertz CT molecular complexity index is 626. The van der Waals surface area contributed by atoms with Crippen LogP contribution < -0.4 is 11.1 Å². The van der Waals surface area contributed by atoms with Crippen molar-refractivity contribution in [3.8, 4) is 0 Å². The van der Waals surface area contributed by atoms with Crippen LogP contribution in [0.3, 0.4) is 0 Å². The minimum atomic E-state index is -0.324. The molecular weight excluding hydrogens is 252 g/mol. The van der Waals surface area contributed by atoms with Crippen molar-refractivity contribution in [3.63, 3.8) is 0 Å². The summed E-state index contributed by atoms with van der Waals surface area (Å²) in [6.45, 7) is 0.302. The molecule has 0 radical (unpaired) electrons. The maximum absolute atomic E-state index is 12.1. The lowest BCUT2D eigenvalue weighted by molar-refractivity contribution is -0.145. The smallest absolute Gasteiger partial charge is 0.329 e. The van der Waals surface area contributed by atoms with Gasteiger partial charge in [0.25, 0.3) is 0 Å². The summed E-state index contributed by atoms with van der Waals surface area (Å²) >= 11 is 0. The molecular formula is C16H16N2O2. The molecule has 2 aromatic carbocycles. The van der Waals surface area contributed by atoms with Gasteiger partial charge in [0.05, 0.1) is 0 Å². The molecule has 0 aromatic heterocycles. The van der Waals surface area contributed by atoms with Gasteiger partial charge in [-0.15, -0.1) is 0 Å². The number of nitrogens with two attached hydrogens (primary N) is 1. The lowest BCUT2D eigenvalue weighted by atomic mass is 10.1. The van der Waals surface area contributed by atoms with Gasteiger partial charge in [0.1, 0.15) is 12.6 Å². The first-order valence-corrected chi connectivity index (χ1v) is 6.58. The Labute approximate surface area is 117 Å². The standard InChI is InChI=1S/C16H16N2O2/c17-13-7-6-12-8-15(18-14(12)9-13)16(19)20-10-11-4-2-1-3-5-11/h1-7,9,15,18H,8,10,17H2. The molecule has 0 bridgehead atoms. The zero-order chi connectivity index (χ0) is 13.9. The fourth-order valence-corrected chi connectivity index (χ4v) is 2.34. The maximum atomic E-state index is 12.1. The van der Waals surface area contributed by atoms with Gasteiger partial charge in [-0.2, -0.15) is 0 Å². The fourth-order valence-electron chi connectivity index (χ4n) is 2.34. The molecule has 0 spiro atoms. The van der Waals surface area contributed by atoms with Crippen LogP contribution in [0.1, 0.15) is 11.1 Å². The molecule has 1 aliphatic rings. The number of fused-ring (bicyclic) bond motifs is 1. The van der Waals surface area contributed by atoms with E-state index in [1.165, 1.54) is 0 Å². The summed E-state index contributed by atoms with van der Waals surface area (Å²) < 4.78 is 5.34. The zero-order valence-electron chi connectivity index (χ0n) is 11.0. The highest BCUT2D eigenvalue weighted by Crippen LogP contribution is 2.28. The number of hydrogen-bond acceptors (Lipinski definition) is 4. The molecule has 1 heterocycles. The van der Waals surface area contributed by atoms with Gasteiger partial charge in [-0.25, -0.2) is 4.79 Å². The van der Waals surface area contributed by atoms with Crippen LogP contribution in [-0.4, -0.2) is 12.0 Å². The first-order chi connectivity index (χ1) is 9.72. The number of nitrogen functional groups attached to an aromatic ring is 1. The molecule has 4 heteroatoms. The molecule has 2 aromatic rings. The molecule has 0 fully saturated rings. The Balaban J connectivity index is 1.60. The van der Waals surface area contributed by atoms with Crippen LogP contribution in [0.4, 0.5) is 11.4 Å². The topological polar surface area (TPSA) is 64.3 Å². The molecule has 20 heavy (non-hydrogen) atoms. The quantitative estimate of drug-likeness (QED) is 0.662. The third-order valence-electron chi connectivity index (χ3n) is 3.40. The van der Waals surface area contributed by atoms with Gasteiger partial charge in [-0.3, -0.25) is 0 Å². The first kappa shape index (κ1) is 12.5. The lowest BCUT2D eigenvalue weighted by Crippen LogP contribution is -2.28. The molecule has 3 rings (SSSR count). The molecule has 0 aliphatic carbocycles. The van der Waals surface area contributed by atoms with E-state index in [2.05, 4.69) is 5.32 Å². The Hall–Kier alpha value is -2.49. The largest absolute Gasteiger partial charge is 0.459 e. The number of esters is 1. The molecule has 1 unspecified atom stereocenters. The van der Waals surface area contributed by atoms with Crippen molar-refractivity contribution in [1.29, 1.82) is 0 Å². The lowest BCUT2D eigenvalue weighted by Gasteiger charge is -2.11. The van der Waals surface area contributed by atoms with E-state index < -0.39 is 0 Å². The van der Waals surface area contributed by atoms with E-state index in [0.29, 0.717) is 18.7 Å². The molecule has 0 amide bonds. The summed E-state index contributed by atoms with van der Waals surface area (Å²) in [6, 6.07) is 15.0. The van der Waals surface area contributed by atoms with Gasteiger partial charge >= 0.3 is 5.97 Å². The number of benzene rings is 2. The van der Waals surface area contributed by atoms with Crippen molar-refractivity contribution in [2.75, 3.05) is 11.1 Å². The highest BCUT2D eigenvalue weighted by Gasteiger charge is 2.27. The Kier molecular flexibility index (Phi) is 3.29. The number of rotatable bonds is 3. The summed E-state index contributed by atoms with van der Waals surface area (Å²) in [7, 11) is 0. The third-order valence-corrected chi connectivity index (χ3v) is 3.40. The number of carbonyl (C=O) groups excluding carboxylic acids is 1. The minimum absolute atomic E-state index is 0.233. The van der Waals surface area contributed by atoms with Gasteiger partial charge < -0.3 is 15.8 Å². The van der Waals surface area contributed by atoms with Crippen LogP contribution in [0.25, 0.3) is 0 Å². The van der Waals surface area contributed by atoms with E-state index in [0.717, 1.165) is 16.8 Å². The van der Waals surface area contributed by atoms with Crippen molar-refractivity contribution in [3.05, 3.63) is 59.7 Å². The van der Waals surface area contributed by atoms with E-state index in [-0.39, 0.29) is 12.0 Å². The number of hydrogen-bond donors (Lipinski definition) is 2. The summed E-state index contributed by atoms with van der Waals surface area (Å²) in [4.78, 5) is 12.1. The molecule has 3 N–H and O–H groups in total. The van der Waals surface area contributed by atoms with Gasteiger partial charge in [0.15, 0.2) is 0 Å². The van der Waals surface area contributed by atoms with Crippen LogP contribution in [0.2, 0.25) is 0 Å². The Morgan fingerprint density at radius 3 is 2.85 bits per heavy atom. The third kappa shape index (κ3) is 2.59. The van der Waals surface area contributed by atoms with Crippen molar-refractivity contribution >= 4 is 17.3 Å². The Morgan fingerprint density at radius 2 is 2.05 bits per heavy atom. The second kappa shape index (κ2) is 5.25. The van der Waals surface area contributed by atoms with Crippen LogP contribution in [0.5, 0.6) is 0 Å². The van der Waals surface area contributed by atoms with Crippen LogP contribution >= 0.6 is 0 Å². The summed E-state index contributed by atoms with van der Waals surface area (Å²) in [5.74, 6) is -0.233. The molecule has 4 nitrogen and oxygen atoms in total. The van der Waals surface area contributed by atoms with Crippen molar-refractivity contribution in [1.82, 2.24) is 0 Å². The van der Waals surface area contributed by atoms with Crippen molar-refractivity contribution < 1.29 is 9.53 Å². The highest BCUT2D eigenvalue weighted by molar-refractivity contribution is 5.83. The molecule has 0 saturated carbocycles. The summed E-state index contributed by atoms with van der Waals surface area (Å²) in [5.41, 5.74) is 9.43. The predicted octanol–water partition coefficient (Wildman–Crippen LogP) is 2.35. The van der Waals surface area contributed by atoms with Crippen LogP contribution in [0.15, 0.2) is 48.5 Å². The molecule has 0 saturated heterocycles. The number of anilines is 2. The van der Waals surface area contributed by atoms with Gasteiger partial charge in [-0.05, 0) is 23.3 Å². The van der Waals surface area contributed by atoms with E-state index in [4.69, 9.17) is 10.5 Å². The average molecular weight is 268 g/mol. The second-order valence-electron chi connectivity index (χ2n) is 4.91. The van der Waals surface area contributed by atoms with E-state index >= 15 is 0 Å². The number of nitrogens with one attached hydrogen (secondary N) is 1. The van der Waals surface area contributed by atoms with Crippen LogP contribution in [-0.2, 0) is 22.6 Å². The predicted molar refractivity (Wildman–Crippen MR) is 78.2 cm³/mol. The van der Waals surface area contributed by atoms with Gasteiger partial charge in [0.2, 0.25) is 0 Å².